The van der Waals surface area contributed by atoms with Crippen molar-refractivity contribution in [1.82, 2.24) is 10.6 Å². The van der Waals surface area contributed by atoms with Crippen LogP contribution in [0, 0.1) is 17.3 Å². The van der Waals surface area contributed by atoms with Crippen LogP contribution in [0.25, 0.3) is 0 Å². The Morgan fingerprint density at radius 3 is 2.05 bits per heavy atom. The molecule has 0 aliphatic carbocycles. The molecule has 122 valence electrons. The van der Waals surface area contributed by atoms with Gasteiger partial charge in [0.25, 0.3) is 0 Å². The summed E-state index contributed by atoms with van der Waals surface area (Å²) in [4.78, 5) is 34.2. The van der Waals surface area contributed by atoms with Crippen molar-refractivity contribution in [1.29, 1.82) is 0 Å². The first-order valence-electron chi connectivity index (χ1n) is 7.00. The van der Waals surface area contributed by atoms with Gasteiger partial charge in [-0.25, -0.2) is 4.79 Å². The average Bonchev–Trinajstić information content (AvgIpc) is 2.28. The van der Waals surface area contributed by atoms with Crippen molar-refractivity contribution in [2.45, 2.75) is 47.1 Å². The van der Waals surface area contributed by atoms with Crippen LogP contribution in [-0.4, -0.2) is 35.6 Å². The molecule has 21 heavy (non-hydrogen) atoms. The molecule has 0 saturated carbocycles. The lowest BCUT2D eigenvalue weighted by Crippen LogP contribution is -2.52. The summed E-state index contributed by atoms with van der Waals surface area (Å²) >= 11 is 0. The third-order valence-electron chi connectivity index (χ3n) is 2.98. The highest BCUT2D eigenvalue weighted by atomic mass is 16.4. The van der Waals surface area contributed by atoms with Gasteiger partial charge in [0.05, 0.1) is 5.92 Å². The maximum Gasteiger partial charge on any atom is 0.312 e. The Labute approximate surface area is 125 Å². The highest BCUT2D eigenvalue weighted by molar-refractivity contribution is 5.87. The van der Waals surface area contributed by atoms with Gasteiger partial charge in [0, 0.05) is 6.54 Å². The van der Waals surface area contributed by atoms with Crippen molar-refractivity contribution in [3.05, 3.63) is 0 Å². The largest absolute Gasteiger partial charge is 0.481 e. The summed E-state index contributed by atoms with van der Waals surface area (Å²) in [5, 5.41) is 14.1. The van der Waals surface area contributed by atoms with Crippen LogP contribution in [0.1, 0.15) is 41.0 Å². The molecule has 0 aromatic rings. The van der Waals surface area contributed by atoms with E-state index in [0.29, 0.717) is 6.42 Å². The number of hydrogen-bond acceptors (Lipinski definition) is 3. The van der Waals surface area contributed by atoms with Crippen LogP contribution in [0.5, 0.6) is 0 Å². The Balaban J connectivity index is 4.66. The lowest BCUT2D eigenvalue weighted by Gasteiger charge is -2.25. The fourth-order valence-electron chi connectivity index (χ4n) is 2.01. The molecule has 7 nitrogen and oxygen atoms in total. The summed E-state index contributed by atoms with van der Waals surface area (Å²) < 4.78 is 0. The maximum atomic E-state index is 12.0. The zero-order valence-corrected chi connectivity index (χ0v) is 13.4. The number of hydrogen-bond donors (Lipinski definition) is 4. The number of carboxylic acids is 1. The second-order valence-corrected chi connectivity index (χ2v) is 6.78. The molecule has 0 spiro atoms. The van der Waals surface area contributed by atoms with Crippen molar-refractivity contribution in [3.8, 4) is 0 Å². The smallest absolute Gasteiger partial charge is 0.312 e. The monoisotopic (exact) mass is 301 g/mol. The SMILES string of the molecule is CC(C)C(NC(N)=O)C(=O)NCC(CC(C)(C)C)C(=O)O. The van der Waals surface area contributed by atoms with E-state index in [1.54, 1.807) is 13.8 Å². The number of amides is 3. The van der Waals surface area contributed by atoms with Crippen LogP contribution in [0.2, 0.25) is 0 Å². The van der Waals surface area contributed by atoms with Crippen LogP contribution in [0.4, 0.5) is 4.79 Å². The summed E-state index contributed by atoms with van der Waals surface area (Å²) in [7, 11) is 0. The number of carbonyl (C=O) groups excluding carboxylic acids is 2. The minimum absolute atomic E-state index is 0.0229. The van der Waals surface area contributed by atoms with Crippen LogP contribution in [0.3, 0.4) is 0 Å². The van der Waals surface area contributed by atoms with E-state index < -0.39 is 29.9 Å². The van der Waals surface area contributed by atoms with Crippen LogP contribution in [0.15, 0.2) is 0 Å². The van der Waals surface area contributed by atoms with E-state index >= 15 is 0 Å². The van der Waals surface area contributed by atoms with Gasteiger partial charge in [0.2, 0.25) is 5.91 Å². The third kappa shape index (κ3) is 8.16. The summed E-state index contributed by atoms with van der Waals surface area (Å²) in [5.41, 5.74) is 4.88. The standard InChI is InChI=1S/C14H27N3O4/c1-8(2)10(17-13(15)21)11(18)16-7-9(12(19)20)6-14(3,4)5/h8-10H,6-7H2,1-5H3,(H,16,18)(H,19,20)(H3,15,17,21). The molecule has 0 rings (SSSR count). The normalized spacial score (nSPS) is 14.4. The van der Waals surface area contributed by atoms with Gasteiger partial charge in [-0.15, -0.1) is 0 Å². The Bertz CT molecular complexity index is 388. The summed E-state index contributed by atoms with van der Waals surface area (Å²) in [5.74, 6) is -2.20. The van der Waals surface area contributed by atoms with Gasteiger partial charge in [0.1, 0.15) is 6.04 Å². The number of carboxylic acid groups (broad SMARTS) is 1. The fraction of sp³-hybridized carbons (Fsp3) is 0.786. The molecule has 0 aromatic carbocycles. The van der Waals surface area contributed by atoms with E-state index in [2.05, 4.69) is 10.6 Å². The highest BCUT2D eigenvalue weighted by Crippen LogP contribution is 2.24. The number of rotatable bonds is 7. The molecule has 0 aromatic heterocycles. The lowest BCUT2D eigenvalue weighted by molar-refractivity contribution is -0.142. The van der Waals surface area contributed by atoms with Crippen LogP contribution < -0.4 is 16.4 Å². The van der Waals surface area contributed by atoms with Crippen molar-refractivity contribution in [3.63, 3.8) is 0 Å². The Kier molecular flexibility index (Phi) is 7.18. The molecule has 2 atom stereocenters. The molecule has 0 aliphatic heterocycles. The van der Waals surface area contributed by atoms with Gasteiger partial charge in [0.15, 0.2) is 0 Å². The van der Waals surface area contributed by atoms with Crippen molar-refractivity contribution in [2.75, 3.05) is 6.54 Å². The van der Waals surface area contributed by atoms with E-state index in [0.717, 1.165) is 0 Å². The van der Waals surface area contributed by atoms with Gasteiger partial charge in [-0.05, 0) is 17.8 Å². The van der Waals surface area contributed by atoms with E-state index in [1.807, 2.05) is 20.8 Å². The van der Waals surface area contributed by atoms with Gasteiger partial charge < -0.3 is 21.5 Å². The molecule has 0 heterocycles. The Hall–Kier alpha value is -1.79. The van der Waals surface area contributed by atoms with E-state index in [9.17, 15) is 19.5 Å². The minimum atomic E-state index is -0.950. The molecule has 0 fully saturated rings. The number of carbonyl (C=O) groups is 3. The first-order valence-corrected chi connectivity index (χ1v) is 7.00. The summed E-state index contributed by atoms with van der Waals surface area (Å²) in [6.45, 7) is 9.38. The number of primary amides is 1. The third-order valence-corrected chi connectivity index (χ3v) is 2.98. The number of aliphatic carboxylic acids is 1. The molecule has 7 heteroatoms. The Morgan fingerprint density at radius 2 is 1.71 bits per heavy atom. The second kappa shape index (κ2) is 7.85. The average molecular weight is 301 g/mol. The van der Waals surface area contributed by atoms with E-state index in [4.69, 9.17) is 5.73 Å². The van der Waals surface area contributed by atoms with Gasteiger partial charge >= 0.3 is 12.0 Å². The predicted octanol–water partition coefficient (Wildman–Crippen LogP) is 0.933. The van der Waals surface area contributed by atoms with Crippen molar-refractivity contribution < 1.29 is 19.5 Å². The van der Waals surface area contributed by atoms with Crippen LogP contribution in [-0.2, 0) is 9.59 Å². The Morgan fingerprint density at radius 1 is 1.19 bits per heavy atom. The first-order chi connectivity index (χ1) is 9.44. The highest BCUT2D eigenvalue weighted by Gasteiger charge is 2.28. The lowest BCUT2D eigenvalue weighted by atomic mass is 9.84. The molecular formula is C14H27N3O4. The molecule has 0 bridgehead atoms. The second-order valence-electron chi connectivity index (χ2n) is 6.78. The predicted molar refractivity (Wildman–Crippen MR) is 79.6 cm³/mol. The van der Waals surface area contributed by atoms with Gasteiger partial charge in [-0.3, -0.25) is 9.59 Å². The van der Waals surface area contributed by atoms with Gasteiger partial charge in [-0.1, -0.05) is 34.6 Å². The number of urea groups is 1. The topological polar surface area (TPSA) is 122 Å². The van der Waals surface area contributed by atoms with Crippen molar-refractivity contribution >= 4 is 17.9 Å². The minimum Gasteiger partial charge on any atom is -0.481 e. The van der Waals surface area contributed by atoms with Crippen LogP contribution >= 0.6 is 0 Å². The number of nitrogens with two attached hydrogens (primary N) is 1. The molecule has 2 unspecified atom stereocenters. The fourth-order valence-corrected chi connectivity index (χ4v) is 2.01. The first kappa shape index (κ1) is 19.2. The zero-order chi connectivity index (χ0) is 16.8. The van der Waals surface area contributed by atoms with Crippen molar-refractivity contribution in [2.24, 2.45) is 23.0 Å². The molecule has 3 amide bonds. The summed E-state index contributed by atoms with van der Waals surface area (Å²) in [6, 6.07) is -1.56. The van der Waals surface area contributed by atoms with Gasteiger partial charge in [-0.2, -0.15) is 0 Å². The molecule has 0 aliphatic rings. The van der Waals surface area contributed by atoms with E-state index in [1.165, 1.54) is 0 Å². The molecule has 0 radical (unpaired) electrons. The molecule has 0 saturated heterocycles. The quantitative estimate of drug-likeness (QED) is 0.559. The maximum absolute atomic E-state index is 12.0. The molecule has 5 N–H and O–H groups in total. The van der Waals surface area contributed by atoms with E-state index in [-0.39, 0.29) is 17.9 Å². The number of nitrogens with one attached hydrogen (secondary N) is 2. The summed E-state index contributed by atoms with van der Waals surface area (Å²) in [6.07, 6.45) is 0.443. The molecular weight excluding hydrogens is 274 g/mol. The zero-order valence-electron chi connectivity index (χ0n) is 13.4.